The van der Waals surface area contributed by atoms with Crippen molar-refractivity contribution < 1.29 is 22.7 Å². The summed E-state index contributed by atoms with van der Waals surface area (Å²) in [6.45, 7) is 2.13. The zero-order chi connectivity index (χ0) is 22.1. The highest BCUT2D eigenvalue weighted by Crippen LogP contribution is 2.16. The van der Waals surface area contributed by atoms with Gasteiger partial charge in [0.2, 0.25) is 5.91 Å². The van der Waals surface area contributed by atoms with Gasteiger partial charge in [0.25, 0.3) is 10.0 Å². The van der Waals surface area contributed by atoms with Crippen LogP contribution in [0.4, 0.5) is 4.79 Å². The van der Waals surface area contributed by atoms with Crippen LogP contribution in [0.5, 0.6) is 0 Å². The second kappa shape index (κ2) is 11.0. The lowest BCUT2D eigenvalue weighted by Crippen LogP contribution is -2.33. The van der Waals surface area contributed by atoms with E-state index in [9.17, 15) is 18.0 Å². The molecule has 2 rings (SSSR count). The summed E-state index contributed by atoms with van der Waals surface area (Å²) in [6, 6.07) is 13.6. The molecule has 2 aromatic carbocycles. The minimum absolute atomic E-state index is 0.00574. The molecule has 162 valence electrons. The SMILES string of the molecule is CCOC(=O)N(C)S(=O)(=O)c1ccc(CCNC(=O)CCc2ccc(Cl)cc2)cc1. The second-order valence-corrected chi connectivity index (χ2v) is 8.95. The number of carbonyl (C=O) groups is 2. The number of rotatable bonds is 9. The van der Waals surface area contributed by atoms with E-state index in [0.717, 1.165) is 18.2 Å². The number of benzene rings is 2. The number of hydrogen-bond acceptors (Lipinski definition) is 5. The van der Waals surface area contributed by atoms with Crippen LogP contribution in [0.2, 0.25) is 5.02 Å². The number of halogens is 1. The summed E-state index contributed by atoms with van der Waals surface area (Å²) >= 11 is 5.84. The Morgan fingerprint density at radius 1 is 1.00 bits per heavy atom. The van der Waals surface area contributed by atoms with Crippen molar-refractivity contribution in [2.45, 2.75) is 31.1 Å². The van der Waals surface area contributed by atoms with E-state index < -0.39 is 16.1 Å². The largest absolute Gasteiger partial charge is 0.449 e. The molecule has 2 aromatic rings. The number of aryl methyl sites for hydroxylation is 1. The summed E-state index contributed by atoms with van der Waals surface area (Å²) in [5.41, 5.74) is 1.91. The van der Waals surface area contributed by atoms with Gasteiger partial charge in [-0.05, 0) is 55.2 Å². The fourth-order valence-electron chi connectivity index (χ4n) is 2.64. The number of carbonyl (C=O) groups excluding carboxylic acids is 2. The molecule has 0 aromatic heterocycles. The highest BCUT2D eigenvalue weighted by Gasteiger charge is 2.26. The number of amides is 2. The molecule has 0 bridgehead atoms. The van der Waals surface area contributed by atoms with E-state index >= 15 is 0 Å². The standard InChI is InChI=1S/C21H25ClN2O5S/c1-3-29-21(26)24(2)30(27,28)19-11-6-17(7-12-19)14-15-23-20(25)13-8-16-4-9-18(22)10-5-16/h4-7,9-12H,3,8,13-15H2,1-2H3,(H,23,25). The molecule has 0 heterocycles. The summed E-state index contributed by atoms with van der Waals surface area (Å²) in [7, 11) is -2.81. The lowest BCUT2D eigenvalue weighted by atomic mass is 10.1. The number of sulfonamides is 1. The van der Waals surface area contributed by atoms with Gasteiger partial charge in [0, 0.05) is 25.0 Å². The number of nitrogens with zero attached hydrogens (tertiary/aromatic N) is 1. The zero-order valence-corrected chi connectivity index (χ0v) is 18.5. The summed E-state index contributed by atoms with van der Waals surface area (Å²) in [4.78, 5) is 23.7. The monoisotopic (exact) mass is 452 g/mol. The molecule has 7 nitrogen and oxygen atoms in total. The van der Waals surface area contributed by atoms with Gasteiger partial charge in [-0.3, -0.25) is 4.79 Å². The third-order valence-electron chi connectivity index (χ3n) is 4.40. The molecular weight excluding hydrogens is 428 g/mol. The Kier molecular flexibility index (Phi) is 8.68. The molecule has 0 aliphatic carbocycles. The van der Waals surface area contributed by atoms with Crippen molar-refractivity contribution in [3.63, 3.8) is 0 Å². The Labute approximate surface area is 182 Å². The average molecular weight is 453 g/mol. The Morgan fingerprint density at radius 2 is 1.57 bits per heavy atom. The van der Waals surface area contributed by atoms with Crippen LogP contribution in [0.25, 0.3) is 0 Å². The van der Waals surface area contributed by atoms with Gasteiger partial charge < -0.3 is 10.1 Å². The van der Waals surface area contributed by atoms with Crippen LogP contribution >= 0.6 is 11.6 Å². The fourth-order valence-corrected chi connectivity index (χ4v) is 3.81. The average Bonchev–Trinajstić information content (AvgIpc) is 2.73. The van der Waals surface area contributed by atoms with E-state index in [2.05, 4.69) is 5.32 Å². The quantitative estimate of drug-likeness (QED) is 0.629. The van der Waals surface area contributed by atoms with E-state index in [1.54, 1.807) is 31.2 Å². The predicted octanol–water partition coefficient (Wildman–Crippen LogP) is 3.41. The molecule has 2 amide bonds. The van der Waals surface area contributed by atoms with Gasteiger partial charge in [-0.2, -0.15) is 0 Å². The Morgan fingerprint density at radius 3 is 2.17 bits per heavy atom. The Bertz CT molecular complexity index is 960. The topological polar surface area (TPSA) is 92.8 Å². The summed E-state index contributed by atoms with van der Waals surface area (Å²) in [5.74, 6) is -0.0554. The first-order valence-corrected chi connectivity index (χ1v) is 11.3. The second-order valence-electron chi connectivity index (χ2n) is 6.54. The smallest absolute Gasteiger partial charge is 0.423 e. The first-order chi connectivity index (χ1) is 14.2. The molecule has 1 N–H and O–H groups in total. The summed E-state index contributed by atoms with van der Waals surface area (Å²) in [5, 5.41) is 3.51. The van der Waals surface area contributed by atoms with Crippen LogP contribution in [0.3, 0.4) is 0 Å². The Balaban J connectivity index is 1.82. The van der Waals surface area contributed by atoms with E-state index in [-0.39, 0.29) is 17.4 Å². The van der Waals surface area contributed by atoms with Crippen LogP contribution in [0.15, 0.2) is 53.4 Å². The van der Waals surface area contributed by atoms with Crippen molar-refractivity contribution in [2.75, 3.05) is 20.2 Å². The number of nitrogens with one attached hydrogen (secondary N) is 1. The molecule has 0 fully saturated rings. The van der Waals surface area contributed by atoms with Crippen molar-refractivity contribution >= 4 is 33.6 Å². The molecule has 0 saturated carbocycles. The lowest BCUT2D eigenvalue weighted by Gasteiger charge is -2.17. The lowest BCUT2D eigenvalue weighted by molar-refractivity contribution is -0.121. The van der Waals surface area contributed by atoms with Gasteiger partial charge in [-0.1, -0.05) is 35.9 Å². The van der Waals surface area contributed by atoms with Crippen LogP contribution < -0.4 is 5.32 Å². The van der Waals surface area contributed by atoms with Gasteiger partial charge >= 0.3 is 6.09 Å². The third-order valence-corrected chi connectivity index (χ3v) is 6.39. The van der Waals surface area contributed by atoms with E-state index in [1.165, 1.54) is 12.1 Å². The number of hydrogen-bond donors (Lipinski definition) is 1. The molecule has 0 atom stereocenters. The van der Waals surface area contributed by atoms with Gasteiger partial charge in [0.05, 0.1) is 11.5 Å². The van der Waals surface area contributed by atoms with Crippen molar-refractivity contribution in [2.24, 2.45) is 0 Å². The highest BCUT2D eigenvalue weighted by atomic mass is 35.5. The highest BCUT2D eigenvalue weighted by molar-refractivity contribution is 7.89. The van der Waals surface area contributed by atoms with Crippen molar-refractivity contribution in [1.29, 1.82) is 0 Å². The first-order valence-electron chi connectivity index (χ1n) is 9.49. The molecule has 9 heteroatoms. The van der Waals surface area contributed by atoms with Gasteiger partial charge in [-0.15, -0.1) is 0 Å². The molecule has 0 saturated heterocycles. The van der Waals surface area contributed by atoms with E-state index in [4.69, 9.17) is 16.3 Å². The van der Waals surface area contributed by atoms with Gasteiger partial charge in [0.15, 0.2) is 0 Å². The van der Waals surface area contributed by atoms with E-state index in [0.29, 0.717) is 35.1 Å². The van der Waals surface area contributed by atoms with E-state index in [1.807, 2.05) is 12.1 Å². The van der Waals surface area contributed by atoms with Crippen molar-refractivity contribution in [1.82, 2.24) is 9.62 Å². The minimum atomic E-state index is -3.97. The number of ether oxygens (including phenoxy) is 1. The van der Waals surface area contributed by atoms with Crippen molar-refractivity contribution in [3.05, 3.63) is 64.7 Å². The maximum absolute atomic E-state index is 12.4. The first kappa shape index (κ1) is 23.7. The Hall–Kier alpha value is -2.58. The van der Waals surface area contributed by atoms with Crippen LogP contribution in [-0.2, 0) is 32.4 Å². The third kappa shape index (κ3) is 6.74. The minimum Gasteiger partial charge on any atom is -0.449 e. The summed E-state index contributed by atoms with van der Waals surface area (Å²) in [6.07, 6.45) is 0.631. The van der Waals surface area contributed by atoms with Crippen molar-refractivity contribution in [3.8, 4) is 0 Å². The molecule has 0 unspecified atom stereocenters. The molecule has 0 aliphatic heterocycles. The van der Waals surface area contributed by atoms with Crippen LogP contribution in [0, 0.1) is 0 Å². The van der Waals surface area contributed by atoms with Crippen LogP contribution in [-0.4, -0.2) is 44.9 Å². The maximum atomic E-state index is 12.4. The van der Waals surface area contributed by atoms with Crippen LogP contribution in [0.1, 0.15) is 24.5 Å². The molecular formula is C21H25ClN2O5S. The molecule has 0 radical (unpaired) electrons. The molecule has 0 aliphatic rings. The predicted molar refractivity (Wildman–Crippen MR) is 115 cm³/mol. The fraction of sp³-hybridized carbons (Fsp3) is 0.333. The molecule has 30 heavy (non-hydrogen) atoms. The molecule has 0 spiro atoms. The van der Waals surface area contributed by atoms with Gasteiger partial charge in [-0.25, -0.2) is 17.5 Å². The summed E-state index contributed by atoms with van der Waals surface area (Å²) < 4.78 is 30.2. The zero-order valence-electron chi connectivity index (χ0n) is 16.9. The maximum Gasteiger partial charge on any atom is 0.423 e. The van der Waals surface area contributed by atoms with Gasteiger partial charge in [0.1, 0.15) is 0 Å². The normalized spacial score (nSPS) is 11.0.